The number of hydrogen-bond donors (Lipinski definition) is 0. The van der Waals surface area contributed by atoms with Crippen LogP contribution in [0.2, 0.25) is 5.15 Å². The molecular weight excluding hydrogens is 226 g/mol. The van der Waals surface area contributed by atoms with E-state index in [0.717, 1.165) is 30.4 Å². The van der Waals surface area contributed by atoms with E-state index < -0.39 is 0 Å². The summed E-state index contributed by atoms with van der Waals surface area (Å²) in [6, 6.07) is 0.294. The molecule has 0 aliphatic carbocycles. The van der Waals surface area contributed by atoms with Gasteiger partial charge in [0.05, 0.1) is 30.6 Å². The molecule has 1 aromatic rings. The van der Waals surface area contributed by atoms with Gasteiger partial charge in [0.25, 0.3) is 0 Å². The van der Waals surface area contributed by atoms with Crippen LogP contribution >= 0.6 is 11.6 Å². The number of anilines is 1. The van der Waals surface area contributed by atoms with E-state index in [4.69, 9.17) is 16.3 Å². The van der Waals surface area contributed by atoms with E-state index in [1.54, 1.807) is 0 Å². The first kappa shape index (κ1) is 11.6. The van der Waals surface area contributed by atoms with E-state index in [2.05, 4.69) is 21.8 Å². The zero-order valence-electron chi connectivity index (χ0n) is 9.83. The first-order chi connectivity index (χ1) is 7.59. The van der Waals surface area contributed by atoms with Gasteiger partial charge < -0.3 is 9.64 Å². The Labute approximate surface area is 101 Å². The molecule has 4 nitrogen and oxygen atoms in total. The van der Waals surface area contributed by atoms with Crippen LogP contribution in [0.4, 0.5) is 5.82 Å². The maximum Gasteiger partial charge on any atom is 0.171 e. The van der Waals surface area contributed by atoms with Crippen molar-refractivity contribution < 1.29 is 4.74 Å². The number of rotatable bonds is 1. The molecular formula is C11H16ClN3O. The Balaban J connectivity index is 2.35. The van der Waals surface area contributed by atoms with E-state index in [-0.39, 0.29) is 0 Å². The van der Waals surface area contributed by atoms with E-state index in [1.807, 2.05) is 13.8 Å². The Morgan fingerprint density at radius 1 is 1.31 bits per heavy atom. The van der Waals surface area contributed by atoms with Gasteiger partial charge in [0, 0.05) is 6.54 Å². The minimum Gasteiger partial charge on any atom is -0.377 e. The summed E-state index contributed by atoms with van der Waals surface area (Å²) in [5.74, 6) is 0.778. The molecule has 2 heterocycles. The number of ether oxygens (including phenoxy) is 1. The van der Waals surface area contributed by atoms with E-state index in [9.17, 15) is 0 Å². The largest absolute Gasteiger partial charge is 0.377 e. The van der Waals surface area contributed by atoms with Crippen LogP contribution in [0.3, 0.4) is 0 Å². The summed E-state index contributed by atoms with van der Waals surface area (Å²) in [7, 11) is 0. The standard InChI is InChI=1S/C11H16ClN3O/c1-7-6-16-5-4-15(7)11-10(12)13-8(2)9(3)14-11/h7H,4-6H2,1-3H3. The third-order valence-corrected chi connectivity index (χ3v) is 3.14. The molecule has 1 aliphatic rings. The number of nitrogens with zero attached hydrogens (tertiary/aromatic N) is 3. The molecule has 16 heavy (non-hydrogen) atoms. The second kappa shape index (κ2) is 4.55. The Morgan fingerprint density at radius 2 is 2.00 bits per heavy atom. The van der Waals surface area contributed by atoms with Crippen LogP contribution < -0.4 is 4.90 Å². The molecule has 1 unspecified atom stereocenters. The summed E-state index contributed by atoms with van der Waals surface area (Å²) >= 11 is 6.14. The van der Waals surface area contributed by atoms with Gasteiger partial charge >= 0.3 is 0 Å². The molecule has 0 radical (unpaired) electrons. The second-order valence-corrected chi connectivity index (χ2v) is 4.48. The lowest BCUT2D eigenvalue weighted by atomic mass is 10.2. The first-order valence-corrected chi connectivity index (χ1v) is 5.82. The topological polar surface area (TPSA) is 38.2 Å². The Hall–Kier alpha value is -0.870. The molecule has 1 fully saturated rings. The van der Waals surface area contributed by atoms with Crippen molar-refractivity contribution in [1.29, 1.82) is 0 Å². The molecule has 0 spiro atoms. The third kappa shape index (κ3) is 2.13. The van der Waals surface area contributed by atoms with Gasteiger partial charge in [-0.3, -0.25) is 0 Å². The maximum absolute atomic E-state index is 6.14. The van der Waals surface area contributed by atoms with Gasteiger partial charge in [-0.05, 0) is 20.8 Å². The SMILES string of the molecule is Cc1nc(Cl)c(N2CCOCC2C)nc1C. The summed E-state index contributed by atoms with van der Waals surface area (Å²) in [5, 5.41) is 0.483. The normalized spacial score (nSPS) is 21.2. The van der Waals surface area contributed by atoms with Crippen molar-refractivity contribution in [2.75, 3.05) is 24.7 Å². The zero-order chi connectivity index (χ0) is 11.7. The van der Waals surface area contributed by atoms with Crippen LogP contribution in [0.25, 0.3) is 0 Å². The van der Waals surface area contributed by atoms with E-state index in [1.165, 1.54) is 0 Å². The van der Waals surface area contributed by atoms with Crippen molar-refractivity contribution in [1.82, 2.24) is 9.97 Å². The summed E-state index contributed by atoms with van der Waals surface area (Å²) in [6.07, 6.45) is 0. The van der Waals surface area contributed by atoms with Gasteiger partial charge in [0.1, 0.15) is 0 Å². The lowest BCUT2D eigenvalue weighted by molar-refractivity contribution is 0.0985. The summed E-state index contributed by atoms with van der Waals surface area (Å²) in [4.78, 5) is 11.0. The lowest BCUT2D eigenvalue weighted by Crippen LogP contribution is -2.44. The van der Waals surface area contributed by atoms with Crippen LogP contribution in [-0.2, 0) is 4.74 Å². The molecule has 88 valence electrons. The summed E-state index contributed by atoms with van der Waals surface area (Å²) < 4.78 is 5.39. The molecule has 1 saturated heterocycles. The Kier molecular flexibility index (Phi) is 3.30. The molecule has 0 aromatic carbocycles. The van der Waals surface area contributed by atoms with Gasteiger partial charge in [0.15, 0.2) is 11.0 Å². The van der Waals surface area contributed by atoms with Crippen molar-refractivity contribution in [2.24, 2.45) is 0 Å². The van der Waals surface area contributed by atoms with Gasteiger partial charge in [-0.2, -0.15) is 0 Å². The Morgan fingerprint density at radius 3 is 2.69 bits per heavy atom. The quantitative estimate of drug-likeness (QED) is 0.754. The summed E-state index contributed by atoms with van der Waals surface area (Å²) in [5.41, 5.74) is 1.81. The van der Waals surface area contributed by atoms with Gasteiger partial charge in [-0.1, -0.05) is 11.6 Å². The van der Waals surface area contributed by atoms with Crippen molar-refractivity contribution in [3.8, 4) is 0 Å². The monoisotopic (exact) mass is 241 g/mol. The maximum atomic E-state index is 6.14. The summed E-state index contributed by atoms with van der Waals surface area (Å²) in [6.45, 7) is 8.22. The van der Waals surface area contributed by atoms with Crippen molar-refractivity contribution in [3.63, 3.8) is 0 Å². The number of halogens is 1. The smallest absolute Gasteiger partial charge is 0.171 e. The van der Waals surface area contributed by atoms with Crippen LogP contribution in [0.5, 0.6) is 0 Å². The van der Waals surface area contributed by atoms with Crippen LogP contribution in [0.15, 0.2) is 0 Å². The molecule has 0 N–H and O–H groups in total. The minimum absolute atomic E-state index is 0.294. The average Bonchev–Trinajstić information content (AvgIpc) is 2.25. The highest BCUT2D eigenvalue weighted by Crippen LogP contribution is 2.25. The fourth-order valence-corrected chi connectivity index (χ4v) is 2.07. The van der Waals surface area contributed by atoms with Crippen molar-refractivity contribution in [2.45, 2.75) is 26.8 Å². The molecule has 5 heteroatoms. The number of aromatic nitrogens is 2. The molecule has 1 atom stereocenters. The number of morpholine rings is 1. The number of aryl methyl sites for hydroxylation is 2. The highest BCUT2D eigenvalue weighted by molar-refractivity contribution is 6.31. The van der Waals surface area contributed by atoms with Crippen LogP contribution in [0.1, 0.15) is 18.3 Å². The van der Waals surface area contributed by atoms with Crippen LogP contribution in [-0.4, -0.2) is 35.8 Å². The fraction of sp³-hybridized carbons (Fsp3) is 0.636. The second-order valence-electron chi connectivity index (χ2n) is 4.13. The zero-order valence-corrected chi connectivity index (χ0v) is 10.6. The van der Waals surface area contributed by atoms with E-state index in [0.29, 0.717) is 17.8 Å². The molecule has 0 amide bonds. The predicted molar refractivity (Wildman–Crippen MR) is 64.1 cm³/mol. The fourth-order valence-electron chi connectivity index (χ4n) is 1.79. The molecule has 0 bridgehead atoms. The Bertz CT molecular complexity index is 397. The molecule has 1 aliphatic heterocycles. The molecule has 2 rings (SSSR count). The molecule has 0 saturated carbocycles. The third-order valence-electron chi connectivity index (χ3n) is 2.89. The number of hydrogen-bond acceptors (Lipinski definition) is 4. The predicted octanol–water partition coefficient (Wildman–Crippen LogP) is 1.97. The van der Waals surface area contributed by atoms with Crippen molar-refractivity contribution >= 4 is 17.4 Å². The highest BCUT2D eigenvalue weighted by atomic mass is 35.5. The van der Waals surface area contributed by atoms with Crippen LogP contribution in [0, 0.1) is 13.8 Å². The van der Waals surface area contributed by atoms with Crippen molar-refractivity contribution in [3.05, 3.63) is 16.5 Å². The lowest BCUT2D eigenvalue weighted by Gasteiger charge is -2.34. The molecule has 1 aromatic heterocycles. The average molecular weight is 242 g/mol. The highest BCUT2D eigenvalue weighted by Gasteiger charge is 2.23. The first-order valence-electron chi connectivity index (χ1n) is 5.44. The van der Waals surface area contributed by atoms with Gasteiger partial charge in [0.2, 0.25) is 0 Å². The van der Waals surface area contributed by atoms with E-state index >= 15 is 0 Å². The van der Waals surface area contributed by atoms with Gasteiger partial charge in [-0.15, -0.1) is 0 Å². The minimum atomic E-state index is 0.294. The van der Waals surface area contributed by atoms with Gasteiger partial charge in [-0.25, -0.2) is 9.97 Å².